The van der Waals surface area contributed by atoms with Gasteiger partial charge in [-0.1, -0.05) is 22.8 Å². The van der Waals surface area contributed by atoms with Gasteiger partial charge in [0, 0.05) is 18.0 Å². The largest absolute Gasteiger partial charge is 0.380 e. The predicted octanol–water partition coefficient (Wildman–Crippen LogP) is 4.01. The number of anilines is 1. The molecule has 0 radical (unpaired) electrons. The van der Waals surface area contributed by atoms with Crippen molar-refractivity contribution >= 4 is 28.8 Å². The third-order valence-electron chi connectivity index (χ3n) is 2.77. The lowest BCUT2D eigenvalue weighted by Crippen LogP contribution is -1.88. The number of halogens is 1. The zero-order valence-electron chi connectivity index (χ0n) is 10.1. The second-order valence-electron chi connectivity index (χ2n) is 4.08. The van der Waals surface area contributed by atoms with Gasteiger partial charge < -0.3 is 10.3 Å². The lowest BCUT2D eigenvalue weighted by atomic mass is 10.1. The average Bonchev–Trinajstić information content (AvgIpc) is 2.95. The molecular weight excluding hydrogens is 282 g/mol. The highest BCUT2D eigenvalue weighted by molar-refractivity contribution is 7.14. The van der Waals surface area contributed by atoms with Crippen LogP contribution < -0.4 is 5.73 Å². The maximum atomic E-state index is 6.28. The van der Waals surface area contributed by atoms with Crippen LogP contribution in [0, 0.1) is 6.92 Å². The van der Waals surface area contributed by atoms with Crippen molar-refractivity contribution in [3.63, 3.8) is 0 Å². The second-order valence-corrected chi connectivity index (χ2v) is 5.33. The minimum absolute atomic E-state index is 0.338. The number of aryl methyl sites for hydroxylation is 1. The van der Waals surface area contributed by atoms with E-state index in [1.165, 1.54) is 11.3 Å². The molecule has 6 heteroatoms. The summed E-state index contributed by atoms with van der Waals surface area (Å²) >= 11 is 7.79. The van der Waals surface area contributed by atoms with E-state index in [1.807, 2.05) is 24.4 Å². The van der Waals surface area contributed by atoms with Crippen molar-refractivity contribution in [2.75, 3.05) is 5.73 Å². The Morgan fingerprint density at radius 3 is 2.89 bits per heavy atom. The highest BCUT2D eigenvalue weighted by Crippen LogP contribution is 2.43. The number of thiophene rings is 1. The van der Waals surface area contributed by atoms with Gasteiger partial charge in [0.1, 0.15) is 0 Å². The first-order valence-electron chi connectivity index (χ1n) is 5.58. The third kappa shape index (κ3) is 2.01. The molecule has 0 aliphatic rings. The van der Waals surface area contributed by atoms with Crippen molar-refractivity contribution in [3.8, 4) is 21.8 Å². The normalized spacial score (nSPS) is 10.8. The molecule has 4 nitrogen and oxygen atoms in total. The molecule has 0 atom stereocenters. The molecule has 3 rings (SSSR count). The molecule has 0 unspecified atom stereocenters. The van der Waals surface area contributed by atoms with Crippen LogP contribution in [0.4, 0.5) is 5.82 Å². The van der Waals surface area contributed by atoms with Gasteiger partial charge in [0.05, 0.1) is 15.5 Å². The fraction of sp³-hybridized carbons (Fsp3) is 0.0769. The van der Waals surface area contributed by atoms with Crippen LogP contribution in [0.3, 0.4) is 0 Å². The number of hydrogen-bond acceptors (Lipinski definition) is 5. The first-order chi connectivity index (χ1) is 9.18. The van der Waals surface area contributed by atoms with Gasteiger partial charge in [-0.15, -0.1) is 11.3 Å². The maximum absolute atomic E-state index is 6.28. The number of nitrogens with two attached hydrogens (primary N) is 1. The summed E-state index contributed by atoms with van der Waals surface area (Å²) in [5.41, 5.74) is 8.50. The predicted molar refractivity (Wildman–Crippen MR) is 77.2 cm³/mol. The minimum Gasteiger partial charge on any atom is -0.380 e. The molecule has 0 aliphatic heterocycles. The van der Waals surface area contributed by atoms with Crippen LogP contribution >= 0.6 is 22.9 Å². The zero-order chi connectivity index (χ0) is 13.4. The van der Waals surface area contributed by atoms with Crippen molar-refractivity contribution < 1.29 is 4.52 Å². The Labute approximate surface area is 118 Å². The third-order valence-corrected chi connectivity index (χ3v) is 4.47. The number of pyridine rings is 1. The highest BCUT2D eigenvalue weighted by atomic mass is 35.5. The molecule has 3 heterocycles. The van der Waals surface area contributed by atoms with Gasteiger partial charge in [-0.3, -0.25) is 4.98 Å². The summed E-state index contributed by atoms with van der Waals surface area (Å²) in [4.78, 5) is 4.92. The quantitative estimate of drug-likeness (QED) is 0.775. The topological polar surface area (TPSA) is 64.9 Å². The lowest BCUT2D eigenvalue weighted by molar-refractivity contribution is 0.437. The molecular formula is C13H10ClN3OS. The Morgan fingerprint density at radius 2 is 2.26 bits per heavy atom. The Kier molecular flexibility index (Phi) is 3.00. The molecule has 0 fully saturated rings. The first-order valence-corrected chi connectivity index (χ1v) is 6.83. The molecule has 0 aromatic carbocycles. The second kappa shape index (κ2) is 4.68. The Balaban J connectivity index is 2.22. The van der Waals surface area contributed by atoms with E-state index >= 15 is 0 Å². The summed E-state index contributed by atoms with van der Waals surface area (Å²) in [7, 11) is 0. The molecule has 0 aliphatic carbocycles. The SMILES string of the molecule is Cc1csc(-c2onc(N)c2-c2cccnc2)c1Cl. The number of rotatable bonds is 2. The van der Waals surface area contributed by atoms with Gasteiger partial charge in [-0.2, -0.15) is 0 Å². The van der Waals surface area contributed by atoms with Crippen molar-refractivity contribution in [3.05, 3.63) is 40.5 Å². The molecule has 3 aromatic rings. The first kappa shape index (κ1) is 12.2. The van der Waals surface area contributed by atoms with E-state index in [2.05, 4.69) is 10.1 Å². The van der Waals surface area contributed by atoms with Crippen molar-refractivity contribution in [2.24, 2.45) is 0 Å². The van der Waals surface area contributed by atoms with Crippen LogP contribution in [0.15, 0.2) is 34.4 Å². The molecule has 96 valence electrons. The van der Waals surface area contributed by atoms with E-state index in [9.17, 15) is 0 Å². The molecule has 2 N–H and O–H groups in total. The highest BCUT2D eigenvalue weighted by Gasteiger charge is 2.21. The monoisotopic (exact) mass is 291 g/mol. The fourth-order valence-electron chi connectivity index (χ4n) is 1.83. The van der Waals surface area contributed by atoms with E-state index in [0.29, 0.717) is 16.6 Å². The molecule has 19 heavy (non-hydrogen) atoms. The van der Waals surface area contributed by atoms with Crippen molar-refractivity contribution in [1.29, 1.82) is 0 Å². The van der Waals surface area contributed by atoms with Gasteiger partial charge in [0.25, 0.3) is 0 Å². The summed E-state index contributed by atoms with van der Waals surface area (Å²) in [6.45, 7) is 1.95. The number of hydrogen-bond donors (Lipinski definition) is 1. The number of nitrogen functional groups attached to an aromatic ring is 1. The Hall–Kier alpha value is -1.85. The number of nitrogens with zero attached hydrogens (tertiary/aromatic N) is 2. The van der Waals surface area contributed by atoms with Gasteiger partial charge in [0.2, 0.25) is 0 Å². The number of aromatic nitrogens is 2. The average molecular weight is 292 g/mol. The maximum Gasteiger partial charge on any atom is 0.188 e. The van der Waals surface area contributed by atoms with Gasteiger partial charge in [-0.05, 0) is 23.9 Å². The van der Waals surface area contributed by atoms with Crippen LogP contribution in [-0.4, -0.2) is 10.1 Å². The van der Waals surface area contributed by atoms with Gasteiger partial charge in [-0.25, -0.2) is 0 Å². The summed E-state index contributed by atoms with van der Waals surface area (Å²) < 4.78 is 5.35. The lowest BCUT2D eigenvalue weighted by Gasteiger charge is -2.00. The molecule has 0 amide bonds. The van der Waals surface area contributed by atoms with E-state index in [1.54, 1.807) is 12.4 Å². The van der Waals surface area contributed by atoms with E-state index < -0.39 is 0 Å². The van der Waals surface area contributed by atoms with Crippen LogP contribution in [0.2, 0.25) is 5.02 Å². The van der Waals surface area contributed by atoms with E-state index in [4.69, 9.17) is 21.9 Å². The standard InChI is InChI=1S/C13H10ClN3OS/c1-7-6-19-12(10(7)14)11-9(13(15)17-18-11)8-3-2-4-16-5-8/h2-6H,1H3,(H2,15,17). The smallest absolute Gasteiger partial charge is 0.188 e. The summed E-state index contributed by atoms with van der Waals surface area (Å²) in [6, 6.07) is 3.75. The summed E-state index contributed by atoms with van der Waals surface area (Å²) in [5, 5.41) is 6.49. The fourth-order valence-corrected chi connectivity index (χ4v) is 3.09. The minimum atomic E-state index is 0.338. The van der Waals surface area contributed by atoms with Crippen molar-refractivity contribution in [2.45, 2.75) is 6.92 Å². The van der Waals surface area contributed by atoms with Crippen molar-refractivity contribution in [1.82, 2.24) is 10.1 Å². The van der Waals surface area contributed by atoms with E-state index in [-0.39, 0.29) is 0 Å². The molecule has 0 spiro atoms. The van der Waals surface area contributed by atoms with Crippen LogP contribution in [0.5, 0.6) is 0 Å². The summed E-state index contributed by atoms with van der Waals surface area (Å²) in [6.07, 6.45) is 3.43. The molecule has 0 saturated carbocycles. The van der Waals surface area contributed by atoms with Crippen LogP contribution in [0.25, 0.3) is 21.8 Å². The van der Waals surface area contributed by atoms with E-state index in [0.717, 1.165) is 21.6 Å². The zero-order valence-corrected chi connectivity index (χ0v) is 11.6. The van der Waals surface area contributed by atoms with Gasteiger partial charge in [0.15, 0.2) is 11.6 Å². The molecule has 0 saturated heterocycles. The van der Waals surface area contributed by atoms with Crippen LogP contribution in [0.1, 0.15) is 5.56 Å². The Morgan fingerprint density at radius 1 is 1.42 bits per heavy atom. The Bertz CT molecular complexity index is 721. The molecule has 0 bridgehead atoms. The molecule has 3 aromatic heterocycles. The summed E-state index contributed by atoms with van der Waals surface area (Å²) in [5.74, 6) is 0.929. The van der Waals surface area contributed by atoms with Crippen LogP contribution in [-0.2, 0) is 0 Å². The van der Waals surface area contributed by atoms with Gasteiger partial charge >= 0.3 is 0 Å².